The first-order chi connectivity index (χ1) is 10.3. The summed E-state index contributed by atoms with van der Waals surface area (Å²) in [6.45, 7) is 1.80. The third-order valence-corrected chi connectivity index (χ3v) is 4.42. The fourth-order valence-electron chi connectivity index (χ4n) is 1.46. The predicted molar refractivity (Wildman–Crippen MR) is 81.3 cm³/mol. The molecule has 8 heteroatoms. The van der Waals surface area contributed by atoms with Gasteiger partial charge in [-0.2, -0.15) is 5.26 Å². The van der Waals surface area contributed by atoms with Crippen LogP contribution < -0.4 is 5.32 Å². The maximum absolute atomic E-state index is 12.0. The number of nitrogens with one attached hydrogen (secondary N) is 1. The van der Waals surface area contributed by atoms with Gasteiger partial charge in [0.1, 0.15) is 6.07 Å². The van der Waals surface area contributed by atoms with Crippen molar-refractivity contribution in [1.29, 1.82) is 5.26 Å². The predicted octanol–water partition coefficient (Wildman–Crippen LogP) is 1.32. The Balaban J connectivity index is 3.02. The van der Waals surface area contributed by atoms with E-state index in [0.717, 1.165) is 4.31 Å². The lowest BCUT2D eigenvalue weighted by atomic mass is 10.3. The zero-order valence-corrected chi connectivity index (χ0v) is 13.3. The lowest BCUT2D eigenvalue weighted by Gasteiger charge is -2.12. The molecule has 1 aromatic carbocycles. The lowest BCUT2D eigenvalue weighted by molar-refractivity contribution is -0.138. The average Bonchev–Trinajstić information content (AvgIpc) is 2.48. The zero-order valence-electron chi connectivity index (χ0n) is 12.5. The molecule has 0 amide bonds. The summed E-state index contributed by atoms with van der Waals surface area (Å²) in [4.78, 5) is 11.6. The van der Waals surface area contributed by atoms with Crippen molar-refractivity contribution in [2.75, 3.05) is 26.0 Å². The Kier molecular flexibility index (Phi) is 6.10. The topological polar surface area (TPSA) is 99.5 Å². The Bertz CT molecular complexity index is 718. The Hall–Kier alpha value is -2.37. The molecule has 7 nitrogen and oxygen atoms in total. The molecule has 0 spiro atoms. The highest BCUT2D eigenvalue weighted by molar-refractivity contribution is 7.89. The maximum Gasteiger partial charge on any atom is 0.350 e. The van der Waals surface area contributed by atoms with Crippen molar-refractivity contribution in [3.05, 3.63) is 36.0 Å². The molecule has 0 aliphatic rings. The summed E-state index contributed by atoms with van der Waals surface area (Å²) in [6, 6.07) is 7.76. The second kappa shape index (κ2) is 7.59. The number of sulfonamides is 1. The molecule has 1 rings (SSSR count). The highest BCUT2D eigenvalue weighted by Gasteiger charge is 2.17. The molecule has 0 atom stereocenters. The largest absolute Gasteiger partial charge is 0.462 e. The standard InChI is InChI=1S/C14H17N3O4S/c1-4-21-14(18)11(9-15)10-16-12-6-5-7-13(8-12)22(19,20)17(2)3/h5-8,10,16H,4H2,1-3H3/b11-10+. The molecule has 22 heavy (non-hydrogen) atoms. The first-order valence-corrected chi connectivity index (χ1v) is 7.83. The van der Waals surface area contributed by atoms with Crippen molar-refractivity contribution in [1.82, 2.24) is 4.31 Å². The highest BCUT2D eigenvalue weighted by Crippen LogP contribution is 2.18. The van der Waals surface area contributed by atoms with E-state index in [2.05, 4.69) is 5.32 Å². The van der Waals surface area contributed by atoms with Crippen LogP contribution in [0.1, 0.15) is 6.92 Å². The number of hydrogen-bond acceptors (Lipinski definition) is 6. The van der Waals surface area contributed by atoms with Gasteiger partial charge < -0.3 is 10.1 Å². The minimum atomic E-state index is -3.55. The molecular formula is C14H17N3O4S. The quantitative estimate of drug-likeness (QED) is 0.481. The van der Waals surface area contributed by atoms with Crippen molar-refractivity contribution in [3.8, 4) is 6.07 Å². The third kappa shape index (κ3) is 4.31. The molecule has 0 fully saturated rings. The van der Waals surface area contributed by atoms with Gasteiger partial charge in [0, 0.05) is 26.0 Å². The first kappa shape index (κ1) is 17.7. The van der Waals surface area contributed by atoms with Crippen molar-refractivity contribution in [3.63, 3.8) is 0 Å². The van der Waals surface area contributed by atoms with Crippen LogP contribution in [0.2, 0.25) is 0 Å². The van der Waals surface area contributed by atoms with E-state index in [1.54, 1.807) is 25.1 Å². The van der Waals surface area contributed by atoms with Crippen molar-refractivity contribution in [2.45, 2.75) is 11.8 Å². The third-order valence-electron chi connectivity index (χ3n) is 2.61. The van der Waals surface area contributed by atoms with Crippen LogP contribution >= 0.6 is 0 Å². The number of anilines is 1. The number of carbonyl (C=O) groups is 1. The molecular weight excluding hydrogens is 306 g/mol. The fourth-order valence-corrected chi connectivity index (χ4v) is 2.41. The molecule has 1 N–H and O–H groups in total. The number of nitrogens with zero attached hydrogens (tertiary/aromatic N) is 2. The van der Waals surface area contributed by atoms with Gasteiger partial charge in [-0.1, -0.05) is 6.07 Å². The summed E-state index contributed by atoms with van der Waals surface area (Å²) < 4.78 is 29.9. The second-order valence-electron chi connectivity index (χ2n) is 4.35. The van der Waals surface area contributed by atoms with Crippen LogP contribution in [0.25, 0.3) is 0 Å². The smallest absolute Gasteiger partial charge is 0.350 e. The van der Waals surface area contributed by atoms with Gasteiger partial charge in [0.05, 0.1) is 11.5 Å². The lowest BCUT2D eigenvalue weighted by Crippen LogP contribution is -2.22. The summed E-state index contributed by atoms with van der Waals surface area (Å²) in [5.74, 6) is -0.741. The van der Waals surface area contributed by atoms with E-state index in [9.17, 15) is 13.2 Å². The minimum Gasteiger partial charge on any atom is -0.462 e. The molecule has 118 valence electrons. The van der Waals surface area contributed by atoms with Crippen LogP contribution in [0.15, 0.2) is 40.9 Å². The van der Waals surface area contributed by atoms with E-state index in [0.29, 0.717) is 5.69 Å². The molecule has 0 heterocycles. The molecule has 0 radical (unpaired) electrons. The fraction of sp³-hybridized carbons (Fsp3) is 0.286. The van der Waals surface area contributed by atoms with Gasteiger partial charge >= 0.3 is 5.97 Å². The van der Waals surface area contributed by atoms with E-state index < -0.39 is 16.0 Å². The van der Waals surface area contributed by atoms with Gasteiger partial charge in [0.2, 0.25) is 10.0 Å². The normalized spacial score (nSPS) is 11.9. The van der Waals surface area contributed by atoms with Crippen LogP contribution in [0.3, 0.4) is 0 Å². The van der Waals surface area contributed by atoms with Gasteiger partial charge in [0.25, 0.3) is 0 Å². The Morgan fingerprint density at radius 1 is 1.45 bits per heavy atom. The number of carbonyl (C=O) groups excluding carboxylic acids is 1. The summed E-state index contributed by atoms with van der Waals surface area (Å²) in [7, 11) is -0.684. The second-order valence-corrected chi connectivity index (χ2v) is 6.50. The molecule has 1 aromatic rings. The van der Waals surface area contributed by atoms with E-state index in [-0.39, 0.29) is 17.1 Å². The number of ether oxygens (including phenoxy) is 1. The van der Waals surface area contributed by atoms with Crippen molar-refractivity contribution < 1.29 is 17.9 Å². The van der Waals surface area contributed by atoms with E-state index >= 15 is 0 Å². The highest BCUT2D eigenvalue weighted by atomic mass is 32.2. The Labute approximate surface area is 129 Å². The van der Waals surface area contributed by atoms with Gasteiger partial charge in [0.15, 0.2) is 5.57 Å². The SMILES string of the molecule is CCOC(=O)/C(C#N)=C/Nc1cccc(S(=O)(=O)N(C)C)c1. The Morgan fingerprint density at radius 3 is 2.68 bits per heavy atom. The summed E-state index contributed by atoms with van der Waals surface area (Å²) in [5.41, 5.74) is 0.225. The van der Waals surface area contributed by atoms with Crippen LogP contribution in [0.4, 0.5) is 5.69 Å². The monoisotopic (exact) mass is 323 g/mol. The molecule has 0 bridgehead atoms. The molecule has 0 unspecified atom stereocenters. The van der Waals surface area contributed by atoms with Crippen molar-refractivity contribution in [2.24, 2.45) is 0 Å². The number of hydrogen-bond donors (Lipinski definition) is 1. The molecule has 0 saturated heterocycles. The zero-order chi connectivity index (χ0) is 16.8. The Morgan fingerprint density at radius 2 is 2.14 bits per heavy atom. The summed E-state index contributed by atoms with van der Waals surface area (Å²) in [6.07, 6.45) is 1.18. The molecule has 0 saturated carbocycles. The number of esters is 1. The minimum absolute atomic E-state index is 0.102. The van der Waals surface area contributed by atoms with Crippen LogP contribution in [-0.2, 0) is 19.6 Å². The molecule has 0 aliphatic carbocycles. The summed E-state index contributed by atoms with van der Waals surface area (Å²) >= 11 is 0. The van der Waals surface area contributed by atoms with E-state index in [4.69, 9.17) is 10.00 Å². The number of nitriles is 1. The molecule has 0 aliphatic heterocycles. The van der Waals surface area contributed by atoms with Crippen molar-refractivity contribution >= 4 is 21.7 Å². The van der Waals surface area contributed by atoms with E-state index in [1.165, 1.54) is 32.4 Å². The van der Waals surface area contributed by atoms with Gasteiger partial charge in [-0.25, -0.2) is 17.5 Å². The number of benzene rings is 1. The van der Waals surface area contributed by atoms with E-state index in [1.807, 2.05) is 0 Å². The van der Waals surface area contributed by atoms with Gasteiger partial charge in [-0.3, -0.25) is 0 Å². The van der Waals surface area contributed by atoms with Gasteiger partial charge in [-0.05, 0) is 25.1 Å². The summed E-state index contributed by atoms with van der Waals surface area (Å²) in [5, 5.41) is 11.6. The van der Waals surface area contributed by atoms with Gasteiger partial charge in [-0.15, -0.1) is 0 Å². The van der Waals surface area contributed by atoms with Crippen LogP contribution in [0, 0.1) is 11.3 Å². The molecule has 0 aromatic heterocycles. The van der Waals surface area contributed by atoms with Crippen LogP contribution in [-0.4, -0.2) is 39.4 Å². The first-order valence-electron chi connectivity index (χ1n) is 6.39. The average molecular weight is 323 g/mol. The maximum atomic E-state index is 12.0. The van der Waals surface area contributed by atoms with Crippen LogP contribution in [0.5, 0.6) is 0 Å². The number of rotatable bonds is 6.